The zero-order valence-electron chi connectivity index (χ0n) is 8.43. The number of carbonyl (C=O) groups is 2. The monoisotopic (exact) mass is 344 g/mol. The maximum atomic E-state index is 11.1. The van der Waals surface area contributed by atoms with Crippen LogP contribution in [-0.4, -0.2) is 33.8 Å². The van der Waals surface area contributed by atoms with Crippen molar-refractivity contribution < 1.29 is 19.1 Å². The van der Waals surface area contributed by atoms with E-state index in [0.29, 0.717) is 0 Å². The van der Waals surface area contributed by atoms with Gasteiger partial charge in [-0.25, -0.2) is 0 Å². The Morgan fingerprint density at radius 2 is 1.47 bits per heavy atom. The van der Waals surface area contributed by atoms with Gasteiger partial charge in [0.05, 0.1) is 12.8 Å². The lowest BCUT2D eigenvalue weighted by Gasteiger charge is -2.11. The predicted octanol–water partition coefficient (Wildman–Crippen LogP) is 3.03. The van der Waals surface area contributed by atoms with Crippen LogP contribution in [0.4, 0.5) is 0 Å². The smallest absolute Gasteiger partial charge is 0.306 e. The van der Waals surface area contributed by atoms with Gasteiger partial charge in [0.25, 0.3) is 0 Å². The van der Waals surface area contributed by atoms with Crippen molar-refractivity contribution in [3.8, 4) is 0 Å². The fourth-order valence-corrected chi connectivity index (χ4v) is 0.956. The summed E-state index contributed by atoms with van der Waals surface area (Å²) in [5.41, 5.74) is 0. The highest BCUT2D eigenvalue weighted by Crippen LogP contribution is 2.26. The van der Waals surface area contributed by atoms with Gasteiger partial charge in [0, 0.05) is 0 Å². The lowest BCUT2D eigenvalue weighted by molar-refractivity contribution is -0.150. The summed E-state index contributed by atoms with van der Waals surface area (Å²) < 4.78 is 7.53. The lowest BCUT2D eigenvalue weighted by Crippen LogP contribution is -2.18. The van der Waals surface area contributed by atoms with Crippen LogP contribution in [0.3, 0.4) is 0 Å². The first-order valence-corrected chi connectivity index (χ1v) is 6.37. The fourth-order valence-electron chi connectivity index (χ4n) is 0.667. The standard InChI is InChI=1S/C8H9Cl5O4/c9-5(10)3-16-6(14)1-2-7(15)17-4-8(11,12)13/h5H,1-4H2. The molecule has 0 aliphatic rings. The molecule has 0 aromatic rings. The van der Waals surface area contributed by atoms with Crippen molar-refractivity contribution in [1.29, 1.82) is 0 Å². The summed E-state index contributed by atoms with van der Waals surface area (Å²) in [7, 11) is 0. The van der Waals surface area contributed by atoms with E-state index in [1.54, 1.807) is 0 Å². The average molecular weight is 346 g/mol. The lowest BCUT2D eigenvalue weighted by atomic mass is 10.3. The molecular formula is C8H9Cl5O4. The molecule has 0 spiro atoms. The summed E-state index contributed by atoms with van der Waals surface area (Å²) in [4.78, 5) is 21.3. The quantitative estimate of drug-likeness (QED) is 0.548. The van der Waals surface area contributed by atoms with Crippen LogP contribution in [-0.2, 0) is 19.1 Å². The highest BCUT2D eigenvalue weighted by molar-refractivity contribution is 6.67. The van der Waals surface area contributed by atoms with Gasteiger partial charge in [-0.3, -0.25) is 9.59 Å². The Balaban J connectivity index is 3.66. The summed E-state index contributed by atoms with van der Waals surface area (Å²) in [5.74, 6) is -1.27. The van der Waals surface area contributed by atoms with E-state index in [4.69, 9.17) is 58.0 Å². The number of hydrogen-bond acceptors (Lipinski definition) is 4. The van der Waals surface area contributed by atoms with Crippen molar-refractivity contribution in [2.45, 2.75) is 21.5 Å². The van der Waals surface area contributed by atoms with E-state index in [-0.39, 0.29) is 26.1 Å². The highest BCUT2D eigenvalue weighted by atomic mass is 35.6. The second kappa shape index (κ2) is 8.48. The van der Waals surface area contributed by atoms with Gasteiger partial charge in [-0.2, -0.15) is 0 Å². The fraction of sp³-hybridized carbons (Fsp3) is 0.750. The van der Waals surface area contributed by atoms with Crippen molar-refractivity contribution in [1.82, 2.24) is 0 Å². The topological polar surface area (TPSA) is 52.6 Å². The molecular weight excluding hydrogens is 337 g/mol. The molecule has 0 saturated heterocycles. The summed E-state index contributed by atoms with van der Waals surface area (Å²) in [6.07, 6.45) is -0.325. The van der Waals surface area contributed by atoms with Gasteiger partial charge in [0.15, 0.2) is 0 Å². The molecule has 4 nitrogen and oxygen atoms in total. The molecule has 0 aromatic carbocycles. The van der Waals surface area contributed by atoms with Gasteiger partial charge in [0.2, 0.25) is 3.79 Å². The molecule has 0 aliphatic carbocycles. The van der Waals surface area contributed by atoms with Crippen LogP contribution in [0.25, 0.3) is 0 Å². The van der Waals surface area contributed by atoms with Crippen molar-refractivity contribution in [2.75, 3.05) is 13.2 Å². The largest absolute Gasteiger partial charge is 0.463 e. The summed E-state index contributed by atoms with van der Waals surface area (Å²) >= 11 is 26.7. The first-order chi connectivity index (χ1) is 7.70. The van der Waals surface area contributed by atoms with Crippen molar-refractivity contribution in [2.24, 2.45) is 0 Å². The molecule has 0 saturated carbocycles. The predicted molar refractivity (Wildman–Crippen MR) is 66.9 cm³/mol. The van der Waals surface area contributed by atoms with E-state index < -0.39 is 20.6 Å². The normalized spacial score (nSPS) is 11.4. The maximum Gasteiger partial charge on any atom is 0.306 e. The number of esters is 2. The van der Waals surface area contributed by atoms with E-state index in [1.165, 1.54) is 0 Å². The average Bonchev–Trinajstić information content (AvgIpc) is 2.19. The Kier molecular flexibility index (Phi) is 8.68. The molecule has 0 heterocycles. The molecule has 0 atom stereocenters. The van der Waals surface area contributed by atoms with E-state index in [0.717, 1.165) is 0 Å². The number of hydrogen-bond donors (Lipinski definition) is 0. The Morgan fingerprint density at radius 3 is 1.88 bits per heavy atom. The van der Waals surface area contributed by atoms with Crippen LogP contribution in [0.2, 0.25) is 0 Å². The molecule has 0 aliphatic heterocycles. The summed E-state index contributed by atoms with van der Waals surface area (Å²) in [6, 6.07) is 0. The first kappa shape index (κ1) is 17.4. The van der Waals surface area contributed by atoms with Gasteiger partial charge in [-0.05, 0) is 0 Å². The summed E-state index contributed by atoms with van der Waals surface area (Å²) in [6.45, 7) is -0.512. The SMILES string of the molecule is O=C(CCC(=O)OCC(Cl)(Cl)Cl)OCC(Cl)Cl. The van der Waals surface area contributed by atoms with E-state index in [9.17, 15) is 9.59 Å². The van der Waals surface area contributed by atoms with Crippen molar-refractivity contribution >= 4 is 69.9 Å². The Hall–Kier alpha value is 0.390. The minimum absolute atomic E-state index is 0.134. The molecule has 9 heteroatoms. The zero-order valence-corrected chi connectivity index (χ0v) is 12.2. The number of carbonyl (C=O) groups excluding carboxylic acids is 2. The Bertz CT molecular complexity index is 263. The third kappa shape index (κ3) is 12.6. The minimum atomic E-state index is -1.67. The molecule has 0 amide bonds. The van der Waals surface area contributed by atoms with Crippen LogP contribution in [0.15, 0.2) is 0 Å². The van der Waals surface area contributed by atoms with E-state index >= 15 is 0 Å². The third-order valence-electron chi connectivity index (χ3n) is 1.30. The molecule has 0 radical (unpaired) electrons. The number of halogens is 5. The zero-order chi connectivity index (χ0) is 13.5. The molecule has 0 rings (SSSR count). The molecule has 0 fully saturated rings. The first-order valence-electron chi connectivity index (χ1n) is 4.37. The Labute approximate surface area is 123 Å². The van der Waals surface area contributed by atoms with Crippen LogP contribution < -0.4 is 0 Å². The van der Waals surface area contributed by atoms with Crippen LogP contribution in [0.5, 0.6) is 0 Å². The van der Waals surface area contributed by atoms with Gasteiger partial charge in [-0.15, -0.1) is 23.2 Å². The molecule has 0 unspecified atom stereocenters. The van der Waals surface area contributed by atoms with Gasteiger partial charge < -0.3 is 9.47 Å². The van der Waals surface area contributed by atoms with Gasteiger partial charge in [-0.1, -0.05) is 34.8 Å². The molecule has 0 bridgehead atoms. The van der Waals surface area contributed by atoms with Crippen LogP contribution in [0.1, 0.15) is 12.8 Å². The van der Waals surface area contributed by atoms with Crippen molar-refractivity contribution in [3.63, 3.8) is 0 Å². The third-order valence-corrected chi connectivity index (χ3v) is 1.88. The number of rotatable bonds is 6. The highest BCUT2D eigenvalue weighted by Gasteiger charge is 2.22. The molecule has 100 valence electrons. The van der Waals surface area contributed by atoms with Crippen LogP contribution >= 0.6 is 58.0 Å². The van der Waals surface area contributed by atoms with Crippen LogP contribution in [0, 0.1) is 0 Å². The summed E-state index contributed by atoms with van der Waals surface area (Å²) in [5, 5.41) is 0. The number of ether oxygens (including phenoxy) is 2. The second-order valence-electron chi connectivity index (χ2n) is 2.85. The molecule has 0 aromatic heterocycles. The van der Waals surface area contributed by atoms with E-state index in [2.05, 4.69) is 9.47 Å². The minimum Gasteiger partial charge on any atom is -0.463 e. The second-order valence-corrected chi connectivity index (χ2v) is 6.64. The van der Waals surface area contributed by atoms with E-state index in [1.807, 2.05) is 0 Å². The van der Waals surface area contributed by atoms with Crippen molar-refractivity contribution in [3.05, 3.63) is 0 Å². The Morgan fingerprint density at radius 1 is 1.00 bits per heavy atom. The molecule has 0 N–H and O–H groups in total. The van der Waals surface area contributed by atoms with Gasteiger partial charge >= 0.3 is 11.9 Å². The number of alkyl halides is 5. The molecule has 17 heavy (non-hydrogen) atoms. The van der Waals surface area contributed by atoms with Gasteiger partial charge in [0.1, 0.15) is 18.1 Å². The maximum absolute atomic E-state index is 11.1.